The van der Waals surface area contributed by atoms with Gasteiger partial charge in [-0.15, -0.1) is 0 Å². The summed E-state index contributed by atoms with van der Waals surface area (Å²) in [5.74, 6) is 0.842. The fourth-order valence-corrected chi connectivity index (χ4v) is 0.967. The Kier molecular flexibility index (Phi) is 2.88. The molecule has 0 saturated heterocycles. The van der Waals surface area contributed by atoms with Crippen LogP contribution in [0.4, 0.5) is 0 Å². The number of carbonyl (C=O) groups is 1. The van der Waals surface area contributed by atoms with E-state index < -0.39 is 0 Å². The fourth-order valence-electron chi connectivity index (χ4n) is 0.967. The van der Waals surface area contributed by atoms with E-state index in [1.165, 1.54) is 12.8 Å². The first-order valence-corrected chi connectivity index (χ1v) is 4.23. The first-order valence-electron chi connectivity index (χ1n) is 4.23. The molecule has 3 heteroatoms. The molecule has 0 aromatic carbocycles. The molecule has 11 heavy (non-hydrogen) atoms. The maximum absolute atomic E-state index is 10.9. The maximum atomic E-state index is 10.9. The summed E-state index contributed by atoms with van der Waals surface area (Å²) in [6.07, 6.45) is 3.81. The molecule has 0 aromatic heterocycles. The predicted octanol–water partition coefficient (Wildman–Crippen LogP) is 0.250. The van der Waals surface area contributed by atoms with Crippen LogP contribution in [0.5, 0.6) is 0 Å². The Morgan fingerprint density at radius 1 is 1.73 bits per heavy atom. The molecule has 64 valence electrons. The van der Waals surface area contributed by atoms with Crippen LogP contribution in [0.1, 0.15) is 26.2 Å². The maximum Gasteiger partial charge on any atom is 0.236 e. The van der Waals surface area contributed by atoms with Crippen LogP contribution in [0.2, 0.25) is 0 Å². The van der Waals surface area contributed by atoms with Crippen molar-refractivity contribution < 1.29 is 4.79 Å². The summed E-state index contributed by atoms with van der Waals surface area (Å²) < 4.78 is 0. The number of hydrogen-bond acceptors (Lipinski definition) is 2. The average molecular weight is 156 g/mol. The molecule has 0 aliphatic heterocycles. The third-order valence-corrected chi connectivity index (χ3v) is 1.96. The first kappa shape index (κ1) is 8.53. The summed E-state index contributed by atoms with van der Waals surface area (Å²) in [6.45, 7) is 2.50. The Hall–Kier alpha value is -0.570. The van der Waals surface area contributed by atoms with Crippen molar-refractivity contribution in [3.05, 3.63) is 0 Å². The quantitative estimate of drug-likeness (QED) is 0.613. The SMILES string of the molecule is C[C@@H](N)C(=O)NCCC1CC1. The number of hydrogen-bond donors (Lipinski definition) is 2. The number of nitrogens with one attached hydrogen (secondary N) is 1. The van der Waals surface area contributed by atoms with Crippen molar-refractivity contribution in [3.8, 4) is 0 Å². The summed E-state index contributed by atoms with van der Waals surface area (Å²) in [7, 11) is 0. The van der Waals surface area contributed by atoms with Crippen LogP contribution in [0, 0.1) is 5.92 Å². The van der Waals surface area contributed by atoms with Gasteiger partial charge in [-0.25, -0.2) is 0 Å². The van der Waals surface area contributed by atoms with Gasteiger partial charge < -0.3 is 11.1 Å². The second-order valence-corrected chi connectivity index (χ2v) is 3.31. The van der Waals surface area contributed by atoms with Crippen LogP contribution in [0.3, 0.4) is 0 Å². The van der Waals surface area contributed by atoms with E-state index >= 15 is 0 Å². The lowest BCUT2D eigenvalue weighted by molar-refractivity contribution is -0.121. The van der Waals surface area contributed by atoms with Gasteiger partial charge in [0.05, 0.1) is 6.04 Å². The van der Waals surface area contributed by atoms with Gasteiger partial charge in [0.25, 0.3) is 0 Å². The topological polar surface area (TPSA) is 55.1 Å². The van der Waals surface area contributed by atoms with Crippen molar-refractivity contribution in [2.45, 2.75) is 32.2 Å². The van der Waals surface area contributed by atoms with E-state index in [1.807, 2.05) is 0 Å². The molecule has 1 saturated carbocycles. The van der Waals surface area contributed by atoms with Crippen molar-refractivity contribution in [3.63, 3.8) is 0 Å². The van der Waals surface area contributed by atoms with Gasteiger partial charge in [-0.2, -0.15) is 0 Å². The molecule has 0 aromatic rings. The normalized spacial score (nSPS) is 19.5. The van der Waals surface area contributed by atoms with Crippen LogP contribution in [0.15, 0.2) is 0 Å². The first-order chi connectivity index (χ1) is 5.20. The third kappa shape index (κ3) is 3.37. The van der Waals surface area contributed by atoms with E-state index in [2.05, 4.69) is 5.32 Å². The summed E-state index contributed by atoms with van der Waals surface area (Å²) in [4.78, 5) is 10.9. The van der Waals surface area contributed by atoms with Crippen molar-refractivity contribution >= 4 is 5.91 Å². The number of carbonyl (C=O) groups excluding carboxylic acids is 1. The van der Waals surface area contributed by atoms with E-state index in [-0.39, 0.29) is 11.9 Å². The molecule has 1 atom stereocenters. The van der Waals surface area contributed by atoms with Gasteiger partial charge in [0, 0.05) is 6.54 Å². The van der Waals surface area contributed by atoms with Crippen LogP contribution < -0.4 is 11.1 Å². The standard InChI is InChI=1S/C8H16N2O/c1-6(9)8(11)10-5-4-7-2-3-7/h6-7H,2-5,9H2,1H3,(H,10,11)/t6-/m1/s1. The molecule has 1 rings (SSSR count). The molecule has 0 spiro atoms. The van der Waals surface area contributed by atoms with Crippen molar-refractivity contribution in [2.75, 3.05) is 6.54 Å². The highest BCUT2D eigenvalue weighted by molar-refractivity contribution is 5.80. The van der Waals surface area contributed by atoms with Crippen LogP contribution in [0.25, 0.3) is 0 Å². The van der Waals surface area contributed by atoms with Crippen LogP contribution in [-0.2, 0) is 4.79 Å². The molecule has 1 aliphatic rings. The third-order valence-electron chi connectivity index (χ3n) is 1.96. The van der Waals surface area contributed by atoms with Crippen molar-refractivity contribution in [1.82, 2.24) is 5.32 Å². The number of nitrogens with two attached hydrogens (primary N) is 1. The Bertz CT molecular complexity index is 141. The lowest BCUT2D eigenvalue weighted by atomic mass is 10.3. The Balaban J connectivity index is 1.96. The lowest BCUT2D eigenvalue weighted by Crippen LogP contribution is -2.38. The largest absolute Gasteiger partial charge is 0.355 e. The zero-order valence-corrected chi connectivity index (χ0v) is 6.97. The number of rotatable bonds is 4. The summed E-state index contributed by atoms with van der Waals surface area (Å²) in [5, 5.41) is 2.79. The van der Waals surface area contributed by atoms with E-state index in [1.54, 1.807) is 6.92 Å². The molecule has 0 radical (unpaired) electrons. The highest BCUT2D eigenvalue weighted by atomic mass is 16.2. The summed E-state index contributed by atoms with van der Waals surface area (Å²) in [5.41, 5.74) is 5.36. The molecule has 3 nitrogen and oxygen atoms in total. The van der Waals surface area contributed by atoms with Gasteiger partial charge in [0.15, 0.2) is 0 Å². The molecule has 1 aliphatic carbocycles. The fraction of sp³-hybridized carbons (Fsp3) is 0.875. The Morgan fingerprint density at radius 2 is 2.36 bits per heavy atom. The minimum Gasteiger partial charge on any atom is -0.355 e. The second-order valence-electron chi connectivity index (χ2n) is 3.31. The Labute approximate surface area is 67.3 Å². The summed E-state index contributed by atoms with van der Waals surface area (Å²) in [6, 6.07) is -0.366. The molecule has 1 amide bonds. The average Bonchev–Trinajstić information content (AvgIpc) is 2.71. The van der Waals surface area contributed by atoms with Gasteiger partial charge in [-0.1, -0.05) is 12.8 Å². The Morgan fingerprint density at radius 3 is 2.82 bits per heavy atom. The van der Waals surface area contributed by atoms with Crippen molar-refractivity contribution in [1.29, 1.82) is 0 Å². The molecule has 3 N–H and O–H groups in total. The zero-order chi connectivity index (χ0) is 8.27. The van der Waals surface area contributed by atoms with Crippen LogP contribution in [-0.4, -0.2) is 18.5 Å². The molecular formula is C8H16N2O. The lowest BCUT2D eigenvalue weighted by Gasteiger charge is -2.06. The molecular weight excluding hydrogens is 140 g/mol. The molecule has 0 bridgehead atoms. The monoisotopic (exact) mass is 156 g/mol. The minimum atomic E-state index is -0.366. The van der Waals surface area contributed by atoms with E-state index in [9.17, 15) is 4.79 Å². The van der Waals surface area contributed by atoms with E-state index in [0.717, 1.165) is 18.9 Å². The van der Waals surface area contributed by atoms with Gasteiger partial charge in [0.1, 0.15) is 0 Å². The van der Waals surface area contributed by atoms with Crippen molar-refractivity contribution in [2.24, 2.45) is 11.7 Å². The van der Waals surface area contributed by atoms with Gasteiger partial charge in [-0.3, -0.25) is 4.79 Å². The predicted molar refractivity (Wildman–Crippen MR) is 44.0 cm³/mol. The second kappa shape index (κ2) is 3.72. The number of amides is 1. The van der Waals surface area contributed by atoms with Gasteiger partial charge in [0.2, 0.25) is 5.91 Å². The van der Waals surface area contributed by atoms with Gasteiger partial charge >= 0.3 is 0 Å². The molecule has 0 heterocycles. The smallest absolute Gasteiger partial charge is 0.236 e. The highest BCUT2D eigenvalue weighted by Crippen LogP contribution is 2.31. The van der Waals surface area contributed by atoms with E-state index in [4.69, 9.17) is 5.73 Å². The van der Waals surface area contributed by atoms with Crippen LogP contribution >= 0.6 is 0 Å². The molecule has 0 unspecified atom stereocenters. The van der Waals surface area contributed by atoms with E-state index in [0.29, 0.717) is 0 Å². The molecule has 1 fully saturated rings. The van der Waals surface area contributed by atoms with Gasteiger partial charge in [-0.05, 0) is 19.3 Å². The summed E-state index contributed by atoms with van der Waals surface area (Å²) >= 11 is 0. The zero-order valence-electron chi connectivity index (χ0n) is 6.97. The highest BCUT2D eigenvalue weighted by Gasteiger charge is 2.20. The minimum absolute atomic E-state index is 0.0364.